The van der Waals surface area contributed by atoms with Gasteiger partial charge >= 0.3 is 0 Å². The molecule has 0 saturated heterocycles. The maximum atomic E-state index is 6.20. The molecule has 0 spiro atoms. The van der Waals surface area contributed by atoms with E-state index in [4.69, 9.17) is 11.5 Å². The average molecular weight is 363 g/mol. The summed E-state index contributed by atoms with van der Waals surface area (Å²) < 4.78 is 0. The number of nitrogens with one attached hydrogen (secondary N) is 1. The molecule has 26 heavy (non-hydrogen) atoms. The first-order valence-corrected chi connectivity index (χ1v) is 9.64. The molecule has 5 heteroatoms. The molecule has 0 bridgehead atoms. The number of hydrogen-bond donors (Lipinski definition) is 3. The van der Waals surface area contributed by atoms with E-state index in [9.17, 15) is 0 Å². The second-order valence-electron chi connectivity index (χ2n) is 6.64. The number of nitrogen functional groups attached to an aromatic ring is 1. The number of anilines is 2. The number of nitrogens with zero attached hydrogens (tertiary/aromatic N) is 1. The Hall–Kier alpha value is -2.79. The molecule has 5 N–H and O–H groups in total. The number of amidine groups is 1. The third kappa shape index (κ3) is 3.30. The molecule has 0 amide bonds. The van der Waals surface area contributed by atoms with Crippen molar-refractivity contribution in [1.82, 2.24) is 0 Å². The zero-order valence-electron chi connectivity index (χ0n) is 14.7. The van der Waals surface area contributed by atoms with Gasteiger partial charge in [-0.3, -0.25) is 0 Å². The maximum Gasteiger partial charge on any atom is 0.0999 e. The van der Waals surface area contributed by atoms with Gasteiger partial charge in [0.2, 0.25) is 0 Å². The number of fused-ring (bicyclic) bond motifs is 1. The number of aryl methyl sites for hydroxylation is 1. The van der Waals surface area contributed by atoms with Gasteiger partial charge in [0, 0.05) is 17.3 Å². The highest BCUT2D eigenvalue weighted by Crippen LogP contribution is 2.33. The first kappa shape index (κ1) is 16.7. The highest BCUT2D eigenvalue weighted by molar-refractivity contribution is 7.13. The van der Waals surface area contributed by atoms with Crippen LogP contribution in [0.4, 0.5) is 17.1 Å². The Morgan fingerprint density at radius 3 is 2.77 bits per heavy atom. The van der Waals surface area contributed by atoms with Crippen molar-refractivity contribution in [2.75, 3.05) is 11.1 Å². The molecule has 0 aliphatic carbocycles. The van der Waals surface area contributed by atoms with Crippen molar-refractivity contribution in [1.29, 1.82) is 0 Å². The first-order valence-electron chi connectivity index (χ1n) is 8.76. The molecule has 3 aromatic rings. The van der Waals surface area contributed by atoms with Crippen molar-refractivity contribution >= 4 is 34.2 Å². The van der Waals surface area contributed by atoms with Crippen molar-refractivity contribution < 1.29 is 0 Å². The van der Waals surface area contributed by atoms with Gasteiger partial charge in [-0.1, -0.05) is 24.3 Å². The lowest BCUT2D eigenvalue weighted by atomic mass is 9.98. The Bertz CT molecular complexity index is 960. The van der Waals surface area contributed by atoms with Crippen molar-refractivity contribution in [2.45, 2.75) is 25.8 Å². The third-order valence-corrected chi connectivity index (χ3v) is 5.67. The first-order chi connectivity index (χ1) is 12.6. The van der Waals surface area contributed by atoms with E-state index >= 15 is 0 Å². The Morgan fingerprint density at radius 2 is 1.96 bits per heavy atom. The summed E-state index contributed by atoms with van der Waals surface area (Å²) >= 11 is 1.73. The monoisotopic (exact) mass is 362 g/mol. The van der Waals surface area contributed by atoms with Gasteiger partial charge in [-0.15, -0.1) is 11.3 Å². The number of hydrogen-bond acceptors (Lipinski definition) is 5. The molecule has 0 fully saturated rings. The van der Waals surface area contributed by atoms with Crippen LogP contribution in [0.2, 0.25) is 0 Å². The molecule has 132 valence electrons. The standard InChI is InChI=1S/C21H22N4S/c1-13(14-5-8-18-15(11-14)6-9-21(23)25-18)24-19-12-16(4-7-17(19)22)20-3-2-10-26-20/h2-5,7-8,10-13,24H,6,9,22H2,1H3,(H2,23,25). The topological polar surface area (TPSA) is 76.4 Å². The second-order valence-corrected chi connectivity index (χ2v) is 7.58. The molecular formula is C21H22N4S. The van der Waals surface area contributed by atoms with Gasteiger partial charge in [0.15, 0.2) is 0 Å². The lowest BCUT2D eigenvalue weighted by Crippen LogP contribution is -2.16. The Balaban J connectivity index is 1.59. The second kappa shape index (κ2) is 6.84. The van der Waals surface area contributed by atoms with Gasteiger partial charge < -0.3 is 16.8 Å². The Morgan fingerprint density at radius 1 is 1.08 bits per heavy atom. The molecule has 1 aromatic heterocycles. The van der Waals surface area contributed by atoms with Crippen LogP contribution < -0.4 is 16.8 Å². The summed E-state index contributed by atoms with van der Waals surface area (Å²) in [6.07, 6.45) is 1.77. The molecule has 0 saturated carbocycles. The zero-order chi connectivity index (χ0) is 18.1. The number of thiophene rings is 1. The predicted octanol–water partition coefficient (Wildman–Crippen LogP) is 5.11. The maximum absolute atomic E-state index is 6.20. The molecule has 4 rings (SSSR count). The van der Waals surface area contributed by atoms with E-state index in [-0.39, 0.29) is 6.04 Å². The Labute approximate surface area is 157 Å². The summed E-state index contributed by atoms with van der Waals surface area (Å²) in [6.45, 7) is 2.15. The summed E-state index contributed by atoms with van der Waals surface area (Å²) in [5.41, 5.74) is 18.4. The van der Waals surface area contributed by atoms with Crippen molar-refractivity contribution in [3.8, 4) is 10.4 Å². The molecule has 2 heterocycles. The lowest BCUT2D eigenvalue weighted by Gasteiger charge is -2.20. The summed E-state index contributed by atoms with van der Waals surface area (Å²) in [7, 11) is 0. The van der Waals surface area contributed by atoms with Crippen LogP contribution in [-0.4, -0.2) is 5.84 Å². The smallest absolute Gasteiger partial charge is 0.0999 e. The number of rotatable bonds is 4. The quantitative estimate of drug-likeness (QED) is 0.565. The highest BCUT2D eigenvalue weighted by atomic mass is 32.1. The van der Waals surface area contributed by atoms with E-state index in [1.165, 1.54) is 21.6 Å². The van der Waals surface area contributed by atoms with Crippen molar-refractivity contribution in [3.05, 3.63) is 65.0 Å². The van der Waals surface area contributed by atoms with E-state index in [1.807, 2.05) is 6.07 Å². The van der Waals surface area contributed by atoms with Gasteiger partial charge in [-0.05, 0) is 59.7 Å². The van der Waals surface area contributed by atoms with Crippen LogP contribution >= 0.6 is 11.3 Å². The van der Waals surface area contributed by atoms with E-state index in [1.54, 1.807) is 11.3 Å². The van der Waals surface area contributed by atoms with Crippen molar-refractivity contribution in [2.24, 2.45) is 10.7 Å². The van der Waals surface area contributed by atoms with E-state index in [0.29, 0.717) is 0 Å². The van der Waals surface area contributed by atoms with Crippen LogP contribution in [0.1, 0.15) is 30.5 Å². The fraction of sp³-hybridized carbons (Fsp3) is 0.190. The zero-order valence-corrected chi connectivity index (χ0v) is 15.5. The lowest BCUT2D eigenvalue weighted by molar-refractivity contribution is 0.876. The fourth-order valence-corrected chi connectivity index (χ4v) is 3.98. The van der Waals surface area contributed by atoms with Crippen LogP contribution in [-0.2, 0) is 6.42 Å². The van der Waals surface area contributed by atoms with E-state index in [2.05, 4.69) is 65.1 Å². The Kier molecular flexibility index (Phi) is 4.39. The van der Waals surface area contributed by atoms with Crippen LogP contribution in [0.5, 0.6) is 0 Å². The minimum absolute atomic E-state index is 0.143. The molecule has 1 aliphatic heterocycles. The van der Waals surface area contributed by atoms with Crippen LogP contribution in [0.25, 0.3) is 10.4 Å². The van der Waals surface area contributed by atoms with Crippen LogP contribution in [0.15, 0.2) is 58.9 Å². The van der Waals surface area contributed by atoms with Crippen LogP contribution in [0.3, 0.4) is 0 Å². The molecule has 1 aliphatic rings. The summed E-state index contributed by atoms with van der Waals surface area (Å²) in [5, 5.41) is 5.65. The SMILES string of the molecule is CC(Nc1cc(-c2cccs2)ccc1N)c1ccc2c(c1)CCC(N)=N2. The van der Waals surface area contributed by atoms with Crippen LogP contribution in [0, 0.1) is 0 Å². The average Bonchev–Trinajstić information content (AvgIpc) is 3.17. The number of nitrogens with two attached hydrogens (primary N) is 2. The molecule has 1 atom stereocenters. The third-order valence-electron chi connectivity index (χ3n) is 4.75. The van der Waals surface area contributed by atoms with Gasteiger partial charge in [-0.2, -0.15) is 0 Å². The van der Waals surface area contributed by atoms with Gasteiger partial charge in [0.1, 0.15) is 0 Å². The largest absolute Gasteiger partial charge is 0.397 e. The molecular weight excluding hydrogens is 340 g/mol. The van der Waals surface area contributed by atoms with Gasteiger partial charge in [0.05, 0.1) is 22.9 Å². The highest BCUT2D eigenvalue weighted by Gasteiger charge is 2.14. The van der Waals surface area contributed by atoms with Gasteiger partial charge in [-0.25, -0.2) is 4.99 Å². The molecule has 2 aromatic carbocycles. The van der Waals surface area contributed by atoms with E-state index in [0.717, 1.165) is 35.7 Å². The molecule has 1 unspecified atom stereocenters. The normalized spacial score (nSPS) is 14.4. The fourth-order valence-electron chi connectivity index (χ4n) is 3.25. The minimum Gasteiger partial charge on any atom is -0.397 e. The predicted molar refractivity (Wildman–Crippen MR) is 112 cm³/mol. The van der Waals surface area contributed by atoms with Gasteiger partial charge in [0.25, 0.3) is 0 Å². The number of aliphatic imine (C=N–C) groups is 1. The minimum atomic E-state index is 0.143. The number of benzene rings is 2. The molecule has 4 nitrogen and oxygen atoms in total. The van der Waals surface area contributed by atoms with Crippen molar-refractivity contribution in [3.63, 3.8) is 0 Å². The summed E-state index contributed by atoms with van der Waals surface area (Å²) in [4.78, 5) is 5.68. The summed E-state index contributed by atoms with van der Waals surface area (Å²) in [5.74, 6) is 0.717. The van der Waals surface area contributed by atoms with E-state index < -0.39 is 0 Å². The molecule has 0 radical (unpaired) electrons. The summed E-state index contributed by atoms with van der Waals surface area (Å²) in [6, 6.07) is 16.9.